The zero-order chi connectivity index (χ0) is 18.4. The molecule has 2 aliphatic heterocycles. The fourth-order valence-corrected chi connectivity index (χ4v) is 5.44. The van der Waals surface area contributed by atoms with Gasteiger partial charge in [0.05, 0.1) is 0 Å². The number of amides is 3. The third kappa shape index (κ3) is 2.73. The largest absolute Gasteiger partial charge is 0.335 e. The Morgan fingerprint density at radius 2 is 1.93 bits per heavy atom. The summed E-state index contributed by atoms with van der Waals surface area (Å²) in [5.41, 5.74) is 0.248. The lowest BCUT2D eigenvalue weighted by Gasteiger charge is -2.26. The zero-order valence-corrected chi connectivity index (χ0v) is 15.5. The van der Waals surface area contributed by atoms with E-state index in [0.717, 1.165) is 37.8 Å². The Hall–Kier alpha value is -2.37. The maximum Gasteiger partial charge on any atom is 0.317 e. The van der Waals surface area contributed by atoms with E-state index in [1.807, 2.05) is 35.2 Å². The number of amidine groups is 1. The highest BCUT2D eigenvalue weighted by molar-refractivity contribution is 6.15. The van der Waals surface area contributed by atoms with Crippen molar-refractivity contribution in [3.8, 4) is 0 Å². The van der Waals surface area contributed by atoms with Crippen LogP contribution >= 0.6 is 0 Å². The number of carbonyl (C=O) groups is 2. The zero-order valence-electron chi connectivity index (χ0n) is 15.5. The average molecular weight is 366 g/mol. The van der Waals surface area contributed by atoms with Crippen molar-refractivity contribution in [2.75, 3.05) is 13.1 Å². The van der Waals surface area contributed by atoms with Crippen molar-refractivity contribution in [3.05, 3.63) is 35.9 Å². The number of aliphatic imine (C=N–C) groups is 1. The Morgan fingerprint density at radius 1 is 1.15 bits per heavy atom. The summed E-state index contributed by atoms with van der Waals surface area (Å²) in [7, 11) is 0. The minimum Gasteiger partial charge on any atom is -0.335 e. The summed E-state index contributed by atoms with van der Waals surface area (Å²) < 4.78 is 0. The number of hydrogen-bond donors (Lipinski definition) is 2. The highest BCUT2D eigenvalue weighted by atomic mass is 16.2. The standard InChI is InChI=1S/C21H26N4O2/c26-19-21(24-18(23-19)14-6-2-1-3-7-14)11-10-15-12-25(13-17(15)21)20(27)22-16-8-4-5-9-16/h1-3,6-7,15-17H,4-5,8-13H2,(H,22,27)(H,23,24,26)/t15-,17+,21-/m1/s1. The molecule has 5 rings (SSSR count). The Labute approximate surface area is 159 Å². The summed E-state index contributed by atoms with van der Waals surface area (Å²) in [4.78, 5) is 32.4. The van der Waals surface area contributed by atoms with E-state index < -0.39 is 5.54 Å². The molecule has 27 heavy (non-hydrogen) atoms. The van der Waals surface area contributed by atoms with Crippen LogP contribution in [0.15, 0.2) is 35.3 Å². The van der Waals surface area contributed by atoms with Crippen LogP contribution in [0, 0.1) is 11.8 Å². The van der Waals surface area contributed by atoms with Crippen molar-refractivity contribution < 1.29 is 9.59 Å². The van der Waals surface area contributed by atoms with Crippen LogP contribution in [0.1, 0.15) is 44.1 Å². The first-order valence-electron chi connectivity index (χ1n) is 10.2. The van der Waals surface area contributed by atoms with Gasteiger partial charge in [0.2, 0.25) is 0 Å². The van der Waals surface area contributed by atoms with Gasteiger partial charge >= 0.3 is 6.03 Å². The van der Waals surface area contributed by atoms with Crippen molar-refractivity contribution >= 4 is 17.8 Å². The van der Waals surface area contributed by atoms with Gasteiger partial charge < -0.3 is 15.5 Å². The van der Waals surface area contributed by atoms with E-state index in [2.05, 4.69) is 10.6 Å². The van der Waals surface area contributed by atoms with Crippen molar-refractivity contribution in [2.24, 2.45) is 16.8 Å². The van der Waals surface area contributed by atoms with Crippen LogP contribution in [0.3, 0.4) is 0 Å². The number of hydrogen-bond acceptors (Lipinski definition) is 3. The van der Waals surface area contributed by atoms with E-state index in [1.165, 1.54) is 12.8 Å². The second-order valence-corrected chi connectivity index (χ2v) is 8.45. The molecule has 2 saturated carbocycles. The molecule has 1 saturated heterocycles. The molecule has 6 nitrogen and oxygen atoms in total. The van der Waals surface area contributed by atoms with Gasteiger partial charge in [-0.1, -0.05) is 43.2 Å². The molecular formula is C21H26N4O2. The Morgan fingerprint density at radius 3 is 2.70 bits per heavy atom. The van der Waals surface area contributed by atoms with Gasteiger partial charge in [-0.15, -0.1) is 0 Å². The lowest BCUT2D eigenvalue weighted by molar-refractivity contribution is -0.124. The Bertz CT molecular complexity index is 787. The van der Waals surface area contributed by atoms with Crippen LogP contribution in [0.4, 0.5) is 4.79 Å². The molecule has 1 spiro atoms. The van der Waals surface area contributed by atoms with E-state index in [-0.39, 0.29) is 17.9 Å². The topological polar surface area (TPSA) is 73.8 Å². The maximum atomic E-state index is 12.9. The number of benzene rings is 1. The monoisotopic (exact) mass is 366 g/mol. The van der Waals surface area contributed by atoms with Crippen LogP contribution in [-0.2, 0) is 4.79 Å². The SMILES string of the molecule is O=C(NC1CCCC1)N1C[C@H]2CC[C@@]3(N=C(c4ccccc4)NC3=O)[C@H]2C1. The molecule has 1 aromatic carbocycles. The number of nitrogens with one attached hydrogen (secondary N) is 2. The normalized spacial score (nSPS) is 32.7. The molecule has 1 aromatic rings. The van der Waals surface area contributed by atoms with Gasteiger partial charge in [-0.25, -0.2) is 4.79 Å². The molecule has 3 fully saturated rings. The first kappa shape index (κ1) is 16.8. The summed E-state index contributed by atoms with van der Waals surface area (Å²) in [5, 5.41) is 6.20. The third-order valence-corrected chi connectivity index (χ3v) is 6.90. The molecule has 3 atom stereocenters. The lowest BCUT2D eigenvalue weighted by atomic mass is 9.85. The smallest absolute Gasteiger partial charge is 0.317 e. The molecule has 0 bridgehead atoms. The van der Waals surface area contributed by atoms with Crippen LogP contribution < -0.4 is 10.6 Å². The second kappa shape index (κ2) is 6.36. The van der Waals surface area contributed by atoms with Gasteiger partial charge in [-0.05, 0) is 31.6 Å². The number of nitrogens with zero attached hydrogens (tertiary/aromatic N) is 2. The fraction of sp³-hybridized carbons (Fsp3) is 0.571. The summed E-state index contributed by atoms with van der Waals surface area (Å²) in [6.07, 6.45) is 6.32. The number of rotatable bonds is 2. The van der Waals surface area contributed by atoms with Gasteiger partial charge in [0, 0.05) is 30.6 Å². The molecule has 3 amide bonds. The van der Waals surface area contributed by atoms with E-state index in [4.69, 9.17) is 4.99 Å². The van der Waals surface area contributed by atoms with Crippen LogP contribution in [0.2, 0.25) is 0 Å². The maximum absolute atomic E-state index is 12.9. The minimum absolute atomic E-state index is 0.00639. The Kier molecular flexibility index (Phi) is 3.95. The molecule has 0 unspecified atom stereocenters. The molecular weight excluding hydrogens is 340 g/mol. The number of fused-ring (bicyclic) bond motifs is 2. The quantitative estimate of drug-likeness (QED) is 0.843. The molecule has 0 radical (unpaired) electrons. The van der Waals surface area contributed by atoms with Gasteiger partial charge in [-0.3, -0.25) is 9.79 Å². The molecule has 4 aliphatic rings. The van der Waals surface area contributed by atoms with Crippen molar-refractivity contribution in [1.82, 2.24) is 15.5 Å². The molecule has 2 N–H and O–H groups in total. The summed E-state index contributed by atoms with van der Waals surface area (Å²) in [6, 6.07) is 10.2. The van der Waals surface area contributed by atoms with Gasteiger partial charge in [0.15, 0.2) is 0 Å². The van der Waals surface area contributed by atoms with Crippen LogP contribution in [0.5, 0.6) is 0 Å². The molecule has 6 heteroatoms. The van der Waals surface area contributed by atoms with E-state index in [0.29, 0.717) is 24.3 Å². The molecule has 142 valence electrons. The number of urea groups is 1. The summed E-state index contributed by atoms with van der Waals surface area (Å²) in [6.45, 7) is 1.37. The predicted octanol–water partition coefficient (Wildman–Crippen LogP) is 2.30. The van der Waals surface area contributed by atoms with Crippen molar-refractivity contribution in [3.63, 3.8) is 0 Å². The third-order valence-electron chi connectivity index (χ3n) is 6.90. The van der Waals surface area contributed by atoms with Gasteiger partial charge in [0.1, 0.15) is 11.4 Å². The molecule has 2 aliphatic carbocycles. The highest BCUT2D eigenvalue weighted by Crippen LogP contribution is 2.49. The first-order chi connectivity index (χ1) is 13.2. The first-order valence-corrected chi connectivity index (χ1v) is 10.2. The van der Waals surface area contributed by atoms with Crippen molar-refractivity contribution in [2.45, 2.75) is 50.1 Å². The predicted molar refractivity (Wildman–Crippen MR) is 102 cm³/mol. The second-order valence-electron chi connectivity index (χ2n) is 8.45. The van der Waals surface area contributed by atoms with Crippen LogP contribution in [0.25, 0.3) is 0 Å². The highest BCUT2D eigenvalue weighted by Gasteiger charge is 2.59. The van der Waals surface area contributed by atoms with Gasteiger partial charge in [-0.2, -0.15) is 0 Å². The summed E-state index contributed by atoms with van der Waals surface area (Å²) in [5.74, 6) is 1.17. The lowest BCUT2D eigenvalue weighted by Crippen LogP contribution is -2.47. The Balaban J connectivity index is 1.34. The molecule has 2 heterocycles. The van der Waals surface area contributed by atoms with E-state index in [1.54, 1.807) is 0 Å². The number of likely N-dealkylation sites (tertiary alicyclic amines) is 1. The summed E-state index contributed by atoms with van der Waals surface area (Å²) >= 11 is 0. The fourth-order valence-electron chi connectivity index (χ4n) is 5.44. The average Bonchev–Trinajstić information content (AvgIpc) is 3.43. The minimum atomic E-state index is -0.696. The van der Waals surface area contributed by atoms with E-state index >= 15 is 0 Å². The van der Waals surface area contributed by atoms with Crippen molar-refractivity contribution in [1.29, 1.82) is 0 Å². The molecule has 0 aromatic heterocycles. The van der Waals surface area contributed by atoms with E-state index in [9.17, 15) is 9.59 Å². The van der Waals surface area contributed by atoms with Crippen LogP contribution in [-0.4, -0.2) is 47.3 Å². The van der Waals surface area contributed by atoms with Gasteiger partial charge in [0.25, 0.3) is 5.91 Å². The number of carbonyl (C=O) groups excluding carboxylic acids is 2.